The van der Waals surface area contributed by atoms with Crippen molar-refractivity contribution < 1.29 is 24.6 Å². The maximum absolute atomic E-state index is 11.5. The Labute approximate surface area is 108 Å². The van der Waals surface area contributed by atoms with Crippen LogP contribution in [0.1, 0.15) is 12.0 Å². The molecule has 0 spiro atoms. The Bertz CT molecular complexity index is 503. The normalized spacial score (nSPS) is 11.4. The molecule has 0 saturated heterocycles. The highest BCUT2D eigenvalue weighted by atomic mass is 16.4. The number of hydrogen-bond acceptors (Lipinski definition) is 4. The van der Waals surface area contributed by atoms with Crippen molar-refractivity contribution in [2.45, 2.75) is 19.4 Å². The van der Waals surface area contributed by atoms with Gasteiger partial charge in [0.1, 0.15) is 6.04 Å². The quantitative estimate of drug-likeness (QED) is 0.612. The Kier molecular flexibility index (Phi) is 4.81. The van der Waals surface area contributed by atoms with Crippen molar-refractivity contribution in [3.8, 4) is 0 Å². The minimum absolute atomic E-state index is 0.386. The number of carbonyl (C=O) groups excluding carboxylic acids is 1. The van der Waals surface area contributed by atoms with Crippen LogP contribution in [0.3, 0.4) is 0 Å². The highest BCUT2D eigenvalue weighted by Gasteiger charge is 2.22. The van der Waals surface area contributed by atoms with Crippen LogP contribution in [0.4, 0.5) is 10.5 Å². The Hall–Kier alpha value is -2.64. The minimum atomic E-state index is -1.49. The summed E-state index contributed by atoms with van der Waals surface area (Å²) in [5.74, 6) is -2.73. The number of urea groups is 1. The van der Waals surface area contributed by atoms with Crippen LogP contribution < -0.4 is 10.6 Å². The van der Waals surface area contributed by atoms with Gasteiger partial charge in [-0.05, 0) is 18.6 Å². The molecule has 2 amide bonds. The van der Waals surface area contributed by atoms with Crippen LogP contribution in [0.5, 0.6) is 0 Å². The molecule has 8 heteroatoms. The first-order chi connectivity index (χ1) is 8.88. The zero-order chi connectivity index (χ0) is 14.4. The van der Waals surface area contributed by atoms with Gasteiger partial charge in [-0.3, -0.25) is 9.78 Å². The van der Waals surface area contributed by atoms with Crippen LogP contribution in [-0.4, -0.2) is 39.2 Å². The van der Waals surface area contributed by atoms with E-state index in [0.29, 0.717) is 5.69 Å². The lowest BCUT2D eigenvalue weighted by molar-refractivity contribution is -0.145. The predicted molar refractivity (Wildman–Crippen MR) is 64.8 cm³/mol. The van der Waals surface area contributed by atoms with E-state index in [4.69, 9.17) is 10.2 Å². The number of carboxylic acid groups (broad SMARTS) is 2. The van der Waals surface area contributed by atoms with E-state index in [1.807, 2.05) is 0 Å². The average molecular weight is 267 g/mol. The first-order valence-electron chi connectivity index (χ1n) is 5.32. The molecule has 0 aliphatic rings. The second kappa shape index (κ2) is 6.34. The number of rotatable bonds is 5. The van der Waals surface area contributed by atoms with Crippen LogP contribution in [0.25, 0.3) is 0 Å². The van der Waals surface area contributed by atoms with Crippen LogP contribution in [-0.2, 0) is 9.59 Å². The lowest BCUT2D eigenvalue weighted by atomic mass is 10.2. The van der Waals surface area contributed by atoms with Gasteiger partial charge in [0.25, 0.3) is 0 Å². The molecule has 0 fully saturated rings. The van der Waals surface area contributed by atoms with Gasteiger partial charge in [-0.25, -0.2) is 9.59 Å². The Morgan fingerprint density at radius 2 is 2.00 bits per heavy atom. The predicted octanol–water partition coefficient (Wildman–Crippen LogP) is 0.439. The van der Waals surface area contributed by atoms with Gasteiger partial charge in [-0.2, -0.15) is 0 Å². The number of nitrogens with zero attached hydrogens (tertiary/aromatic N) is 1. The molecule has 1 aromatic rings. The number of aromatic nitrogens is 1. The highest BCUT2D eigenvalue weighted by Crippen LogP contribution is 2.07. The van der Waals surface area contributed by atoms with Crippen molar-refractivity contribution in [1.82, 2.24) is 10.3 Å². The van der Waals surface area contributed by atoms with Gasteiger partial charge < -0.3 is 20.8 Å². The SMILES string of the molecule is Cc1cncc(NC(=O)NC(CC(=O)O)C(=O)O)c1. The maximum atomic E-state index is 11.5. The third-order valence-corrected chi connectivity index (χ3v) is 2.11. The van der Waals surface area contributed by atoms with E-state index in [-0.39, 0.29) is 0 Å². The number of aryl methyl sites for hydroxylation is 1. The summed E-state index contributed by atoms with van der Waals surface area (Å²) in [5, 5.41) is 21.7. The first-order valence-corrected chi connectivity index (χ1v) is 5.32. The molecule has 0 aliphatic carbocycles. The number of hydrogen-bond donors (Lipinski definition) is 4. The summed E-state index contributed by atoms with van der Waals surface area (Å²) in [6, 6.07) is -0.657. The molecule has 0 aliphatic heterocycles. The number of aliphatic carboxylic acids is 2. The molecule has 0 radical (unpaired) electrons. The number of nitrogens with one attached hydrogen (secondary N) is 2. The Balaban J connectivity index is 2.62. The van der Waals surface area contributed by atoms with Crippen LogP contribution in [0.15, 0.2) is 18.5 Å². The van der Waals surface area contributed by atoms with E-state index in [1.54, 1.807) is 19.2 Å². The number of anilines is 1. The summed E-state index contributed by atoms with van der Waals surface area (Å²) in [6.45, 7) is 1.78. The summed E-state index contributed by atoms with van der Waals surface area (Å²) in [5.41, 5.74) is 1.20. The third-order valence-electron chi connectivity index (χ3n) is 2.11. The second-order valence-electron chi connectivity index (χ2n) is 3.84. The fourth-order valence-electron chi connectivity index (χ4n) is 1.32. The van der Waals surface area contributed by atoms with Gasteiger partial charge in [-0.1, -0.05) is 0 Å². The van der Waals surface area contributed by atoms with E-state index < -0.39 is 30.4 Å². The molecule has 19 heavy (non-hydrogen) atoms. The van der Waals surface area contributed by atoms with E-state index in [2.05, 4.69) is 15.6 Å². The topological polar surface area (TPSA) is 129 Å². The Morgan fingerprint density at radius 3 is 2.53 bits per heavy atom. The zero-order valence-electron chi connectivity index (χ0n) is 10.1. The van der Waals surface area contributed by atoms with Crippen LogP contribution in [0.2, 0.25) is 0 Å². The summed E-state index contributed by atoms with van der Waals surface area (Å²) in [4.78, 5) is 36.6. The van der Waals surface area contributed by atoms with E-state index in [1.165, 1.54) is 6.20 Å². The molecule has 1 heterocycles. The summed E-state index contributed by atoms with van der Waals surface area (Å²) in [7, 11) is 0. The van der Waals surface area contributed by atoms with Crippen molar-refractivity contribution in [1.29, 1.82) is 0 Å². The number of pyridine rings is 1. The molecule has 0 bridgehead atoms. The van der Waals surface area contributed by atoms with E-state index in [0.717, 1.165) is 5.56 Å². The van der Waals surface area contributed by atoms with E-state index in [9.17, 15) is 14.4 Å². The second-order valence-corrected chi connectivity index (χ2v) is 3.84. The maximum Gasteiger partial charge on any atom is 0.326 e. The third kappa shape index (κ3) is 5.02. The first kappa shape index (κ1) is 14.4. The monoisotopic (exact) mass is 267 g/mol. The number of carboxylic acids is 2. The lowest BCUT2D eigenvalue weighted by Crippen LogP contribution is -2.44. The molecular weight excluding hydrogens is 254 g/mol. The van der Waals surface area contributed by atoms with Gasteiger partial charge in [-0.15, -0.1) is 0 Å². The smallest absolute Gasteiger partial charge is 0.326 e. The number of amides is 2. The minimum Gasteiger partial charge on any atom is -0.481 e. The molecule has 1 rings (SSSR count). The van der Waals surface area contributed by atoms with Crippen LogP contribution >= 0.6 is 0 Å². The van der Waals surface area contributed by atoms with Gasteiger partial charge in [0.15, 0.2) is 0 Å². The fourth-order valence-corrected chi connectivity index (χ4v) is 1.32. The van der Waals surface area contributed by atoms with Crippen LogP contribution in [0, 0.1) is 6.92 Å². The molecule has 0 aromatic carbocycles. The van der Waals surface area contributed by atoms with Crippen molar-refractivity contribution in [3.05, 3.63) is 24.0 Å². The lowest BCUT2D eigenvalue weighted by Gasteiger charge is -2.13. The van der Waals surface area contributed by atoms with Crippen molar-refractivity contribution in [3.63, 3.8) is 0 Å². The largest absolute Gasteiger partial charge is 0.481 e. The summed E-state index contributed by atoms with van der Waals surface area (Å²) in [6.07, 6.45) is 2.28. The van der Waals surface area contributed by atoms with Gasteiger partial charge in [0.2, 0.25) is 0 Å². The van der Waals surface area contributed by atoms with Crippen molar-refractivity contribution in [2.24, 2.45) is 0 Å². The molecule has 1 unspecified atom stereocenters. The number of carbonyl (C=O) groups is 3. The average Bonchev–Trinajstić information content (AvgIpc) is 2.27. The summed E-state index contributed by atoms with van der Waals surface area (Å²) >= 11 is 0. The molecular formula is C11H13N3O5. The Morgan fingerprint density at radius 1 is 1.32 bits per heavy atom. The van der Waals surface area contributed by atoms with Gasteiger partial charge in [0.05, 0.1) is 18.3 Å². The summed E-state index contributed by atoms with van der Waals surface area (Å²) < 4.78 is 0. The molecule has 1 atom stereocenters. The molecule has 1 aromatic heterocycles. The van der Waals surface area contributed by atoms with Gasteiger partial charge >= 0.3 is 18.0 Å². The standard InChI is InChI=1S/C11H13N3O5/c1-6-2-7(5-12-4-6)13-11(19)14-8(10(17)18)3-9(15)16/h2,4-5,8H,3H2,1H3,(H,15,16)(H,17,18)(H2,13,14,19). The van der Waals surface area contributed by atoms with E-state index >= 15 is 0 Å². The fraction of sp³-hybridized carbons (Fsp3) is 0.273. The zero-order valence-corrected chi connectivity index (χ0v) is 10.1. The molecule has 8 nitrogen and oxygen atoms in total. The highest BCUT2D eigenvalue weighted by molar-refractivity contribution is 5.93. The van der Waals surface area contributed by atoms with Gasteiger partial charge in [0, 0.05) is 6.20 Å². The molecule has 102 valence electrons. The van der Waals surface area contributed by atoms with Crippen molar-refractivity contribution >= 4 is 23.7 Å². The molecule has 4 N–H and O–H groups in total. The van der Waals surface area contributed by atoms with Crippen molar-refractivity contribution in [2.75, 3.05) is 5.32 Å². The molecule has 0 saturated carbocycles.